The van der Waals surface area contributed by atoms with Crippen molar-refractivity contribution in [1.82, 2.24) is 5.32 Å². The standard InChI is InChI=1S/C12H11BrClNO5/c13-8-5-6(14)1-2-7(8)11(18)15-9(12(19)20)3-4-10(16)17/h1-2,5,9H,3-4H2,(H,15,18)(H,16,17)(H,19,20)/t9-/m0/s1. The Morgan fingerprint density at radius 3 is 2.45 bits per heavy atom. The largest absolute Gasteiger partial charge is 0.481 e. The number of carboxylic acids is 2. The van der Waals surface area contributed by atoms with Gasteiger partial charge < -0.3 is 15.5 Å². The molecule has 0 aliphatic carbocycles. The number of hydrogen-bond acceptors (Lipinski definition) is 3. The van der Waals surface area contributed by atoms with Crippen molar-refractivity contribution in [2.75, 3.05) is 0 Å². The van der Waals surface area contributed by atoms with E-state index < -0.39 is 23.9 Å². The molecule has 108 valence electrons. The van der Waals surface area contributed by atoms with Gasteiger partial charge in [-0.3, -0.25) is 9.59 Å². The molecule has 8 heteroatoms. The van der Waals surface area contributed by atoms with Crippen LogP contribution in [0.25, 0.3) is 0 Å². The Labute approximate surface area is 127 Å². The first kappa shape index (κ1) is 16.5. The molecule has 0 unspecified atom stereocenters. The van der Waals surface area contributed by atoms with Crippen LogP contribution in [0, 0.1) is 0 Å². The summed E-state index contributed by atoms with van der Waals surface area (Å²) in [4.78, 5) is 33.4. The topological polar surface area (TPSA) is 104 Å². The van der Waals surface area contributed by atoms with Crippen LogP contribution in [-0.4, -0.2) is 34.1 Å². The lowest BCUT2D eigenvalue weighted by Crippen LogP contribution is -2.41. The van der Waals surface area contributed by atoms with Gasteiger partial charge in [0.2, 0.25) is 0 Å². The molecule has 0 saturated heterocycles. The third-order valence-corrected chi connectivity index (χ3v) is 3.32. The van der Waals surface area contributed by atoms with Crippen LogP contribution in [0.5, 0.6) is 0 Å². The molecule has 0 fully saturated rings. The summed E-state index contributed by atoms with van der Waals surface area (Å²) in [6.45, 7) is 0. The second-order valence-corrected chi connectivity index (χ2v) is 5.21. The molecule has 0 aliphatic heterocycles. The van der Waals surface area contributed by atoms with Gasteiger partial charge in [-0.1, -0.05) is 11.6 Å². The fraction of sp³-hybridized carbons (Fsp3) is 0.250. The maximum atomic E-state index is 11.9. The van der Waals surface area contributed by atoms with Crippen molar-refractivity contribution in [2.24, 2.45) is 0 Å². The van der Waals surface area contributed by atoms with Gasteiger partial charge in [0.1, 0.15) is 6.04 Å². The quantitative estimate of drug-likeness (QED) is 0.717. The molecule has 0 aliphatic rings. The van der Waals surface area contributed by atoms with Gasteiger partial charge in [0.25, 0.3) is 5.91 Å². The van der Waals surface area contributed by atoms with Crippen LogP contribution in [0.2, 0.25) is 5.02 Å². The second kappa shape index (κ2) is 7.25. The van der Waals surface area contributed by atoms with Gasteiger partial charge in [-0.15, -0.1) is 0 Å². The van der Waals surface area contributed by atoms with Crippen molar-refractivity contribution in [2.45, 2.75) is 18.9 Å². The Bertz CT molecular complexity index is 549. The van der Waals surface area contributed by atoms with E-state index >= 15 is 0 Å². The van der Waals surface area contributed by atoms with E-state index in [4.69, 9.17) is 21.8 Å². The third-order valence-electron chi connectivity index (χ3n) is 2.43. The summed E-state index contributed by atoms with van der Waals surface area (Å²) in [5.74, 6) is -3.03. The molecule has 1 aromatic rings. The average Bonchev–Trinajstić information content (AvgIpc) is 2.33. The molecule has 1 aromatic carbocycles. The maximum absolute atomic E-state index is 11.9. The predicted molar refractivity (Wildman–Crippen MR) is 74.9 cm³/mol. The zero-order valence-corrected chi connectivity index (χ0v) is 12.4. The first-order valence-electron chi connectivity index (χ1n) is 5.51. The molecule has 0 heterocycles. The summed E-state index contributed by atoms with van der Waals surface area (Å²) in [6.07, 6.45) is -0.541. The van der Waals surface area contributed by atoms with Crippen molar-refractivity contribution >= 4 is 45.4 Å². The Balaban J connectivity index is 2.80. The Hall–Kier alpha value is -1.60. The van der Waals surface area contributed by atoms with E-state index in [1.807, 2.05) is 0 Å². The van der Waals surface area contributed by atoms with Crippen molar-refractivity contribution in [3.8, 4) is 0 Å². The number of hydrogen-bond donors (Lipinski definition) is 3. The first-order chi connectivity index (χ1) is 9.31. The van der Waals surface area contributed by atoms with Crippen molar-refractivity contribution in [3.63, 3.8) is 0 Å². The van der Waals surface area contributed by atoms with Gasteiger partial charge in [0, 0.05) is 15.9 Å². The van der Waals surface area contributed by atoms with Gasteiger partial charge in [-0.2, -0.15) is 0 Å². The molecule has 1 atom stereocenters. The lowest BCUT2D eigenvalue weighted by atomic mass is 10.1. The highest BCUT2D eigenvalue weighted by Gasteiger charge is 2.22. The summed E-state index contributed by atoms with van der Waals surface area (Å²) in [5.41, 5.74) is 0.218. The highest BCUT2D eigenvalue weighted by atomic mass is 79.9. The van der Waals surface area contributed by atoms with E-state index in [0.717, 1.165) is 0 Å². The number of amides is 1. The maximum Gasteiger partial charge on any atom is 0.326 e. The van der Waals surface area contributed by atoms with Crippen LogP contribution in [0.3, 0.4) is 0 Å². The Morgan fingerprint density at radius 2 is 1.95 bits per heavy atom. The number of benzene rings is 1. The number of nitrogens with one attached hydrogen (secondary N) is 1. The molecular weight excluding hydrogens is 353 g/mol. The minimum Gasteiger partial charge on any atom is -0.481 e. The molecule has 0 spiro atoms. The van der Waals surface area contributed by atoms with Gasteiger partial charge in [0.05, 0.1) is 5.56 Å². The molecule has 6 nitrogen and oxygen atoms in total. The fourth-order valence-corrected chi connectivity index (χ4v) is 2.30. The van der Waals surface area contributed by atoms with Crippen molar-refractivity contribution in [3.05, 3.63) is 33.3 Å². The monoisotopic (exact) mass is 363 g/mol. The van der Waals surface area contributed by atoms with E-state index in [0.29, 0.717) is 9.50 Å². The number of rotatable bonds is 6. The summed E-state index contributed by atoms with van der Waals surface area (Å²) in [6, 6.07) is 3.18. The van der Waals surface area contributed by atoms with Crippen LogP contribution < -0.4 is 5.32 Å². The summed E-state index contributed by atoms with van der Waals surface area (Å²) in [5, 5.41) is 20.2. The number of carbonyl (C=O) groups is 3. The Morgan fingerprint density at radius 1 is 1.30 bits per heavy atom. The number of carboxylic acid groups (broad SMARTS) is 2. The third kappa shape index (κ3) is 4.82. The first-order valence-corrected chi connectivity index (χ1v) is 6.69. The lowest BCUT2D eigenvalue weighted by Gasteiger charge is -2.14. The molecule has 0 radical (unpaired) electrons. The zero-order chi connectivity index (χ0) is 15.3. The highest BCUT2D eigenvalue weighted by Crippen LogP contribution is 2.21. The normalized spacial score (nSPS) is 11.7. The molecule has 0 saturated carbocycles. The summed E-state index contributed by atoms with van der Waals surface area (Å²) < 4.78 is 0.421. The van der Waals surface area contributed by atoms with Crippen LogP contribution >= 0.6 is 27.5 Å². The SMILES string of the molecule is O=C(O)CC[C@H](NC(=O)c1ccc(Cl)cc1Br)C(=O)O. The number of halogens is 2. The van der Waals surface area contributed by atoms with Crippen LogP contribution in [0.15, 0.2) is 22.7 Å². The van der Waals surface area contributed by atoms with E-state index in [2.05, 4.69) is 21.2 Å². The van der Waals surface area contributed by atoms with E-state index in [1.165, 1.54) is 18.2 Å². The molecule has 0 aromatic heterocycles. The van der Waals surface area contributed by atoms with E-state index in [-0.39, 0.29) is 18.4 Å². The average molecular weight is 365 g/mol. The van der Waals surface area contributed by atoms with Gasteiger partial charge >= 0.3 is 11.9 Å². The van der Waals surface area contributed by atoms with Gasteiger partial charge in [-0.25, -0.2) is 4.79 Å². The van der Waals surface area contributed by atoms with Crippen LogP contribution in [-0.2, 0) is 9.59 Å². The number of aliphatic carboxylic acids is 2. The van der Waals surface area contributed by atoms with Crippen LogP contribution in [0.1, 0.15) is 23.2 Å². The second-order valence-electron chi connectivity index (χ2n) is 3.92. The molecule has 3 N–H and O–H groups in total. The summed E-state index contributed by atoms with van der Waals surface area (Å²) >= 11 is 8.89. The van der Waals surface area contributed by atoms with Crippen molar-refractivity contribution < 1.29 is 24.6 Å². The molecule has 0 bridgehead atoms. The van der Waals surface area contributed by atoms with Crippen molar-refractivity contribution in [1.29, 1.82) is 0 Å². The van der Waals surface area contributed by atoms with Crippen LogP contribution in [0.4, 0.5) is 0 Å². The Kier molecular flexibility index (Phi) is 5.97. The summed E-state index contributed by atoms with van der Waals surface area (Å²) in [7, 11) is 0. The number of carbonyl (C=O) groups excluding carboxylic acids is 1. The molecular formula is C12H11BrClNO5. The minimum atomic E-state index is -1.29. The minimum absolute atomic E-state index is 0.193. The van der Waals surface area contributed by atoms with Gasteiger partial charge in [-0.05, 0) is 40.5 Å². The van der Waals surface area contributed by atoms with E-state index in [1.54, 1.807) is 0 Å². The smallest absolute Gasteiger partial charge is 0.326 e. The predicted octanol–water partition coefficient (Wildman–Crippen LogP) is 2.15. The molecule has 20 heavy (non-hydrogen) atoms. The molecule has 1 amide bonds. The highest BCUT2D eigenvalue weighted by molar-refractivity contribution is 9.10. The lowest BCUT2D eigenvalue weighted by molar-refractivity contribution is -0.140. The van der Waals surface area contributed by atoms with E-state index in [9.17, 15) is 14.4 Å². The zero-order valence-electron chi connectivity index (χ0n) is 10.1. The molecule has 1 rings (SSSR count). The fourth-order valence-electron chi connectivity index (χ4n) is 1.43. The van der Waals surface area contributed by atoms with Gasteiger partial charge in [0.15, 0.2) is 0 Å².